The van der Waals surface area contributed by atoms with Gasteiger partial charge in [-0.25, -0.2) is 0 Å². The molecule has 0 aromatic heterocycles. The fraction of sp³-hybridized carbons (Fsp3) is 0.300. The number of rotatable bonds is 2. The molecule has 0 heterocycles. The van der Waals surface area contributed by atoms with Gasteiger partial charge in [-0.2, -0.15) is 0 Å². The lowest BCUT2D eigenvalue weighted by Crippen LogP contribution is -2.05. The molecule has 0 aliphatic heterocycles. The van der Waals surface area contributed by atoms with Crippen molar-refractivity contribution in [2.24, 2.45) is 0 Å². The fourth-order valence-electron chi connectivity index (χ4n) is 1.40. The van der Waals surface area contributed by atoms with Gasteiger partial charge in [0, 0.05) is 11.3 Å². The number of anilines is 1. The molecule has 0 radical (unpaired) electrons. The third-order valence-corrected chi connectivity index (χ3v) is 2.43. The molecule has 0 aliphatic rings. The zero-order chi connectivity index (χ0) is 10.9. The quantitative estimate of drug-likeness (QED) is 0.581. The third-order valence-electron chi connectivity index (χ3n) is 2.21. The fourth-order valence-corrected chi connectivity index (χ4v) is 1.55. The van der Waals surface area contributed by atoms with E-state index in [4.69, 9.17) is 22.7 Å². The molecule has 3 N–H and O–H groups in total. The highest BCUT2D eigenvalue weighted by Crippen LogP contribution is 2.31. The Morgan fingerprint density at radius 1 is 1.50 bits per heavy atom. The first-order valence-corrected chi connectivity index (χ1v) is 4.56. The van der Waals surface area contributed by atoms with E-state index >= 15 is 0 Å². The van der Waals surface area contributed by atoms with E-state index in [0.717, 1.165) is 11.1 Å². The number of methoxy groups -OCH3 is 1. The number of thiocarbonyl (C=S) groups is 1. The summed E-state index contributed by atoms with van der Waals surface area (Å²) in [6.45, 7) is 3.70. The Morgan fingerprint density at radius 2 is 2.07 bits per heavy atom. The monoisotopic (exact) mass is 211 g/mol. The highest BCUT2D eigenvalue weighted by molar-refractivity contribution is 7.80. The van der Waals surface area contributed by atoms with E-state index in [0.29, 0.717) is 17.0 Å². The van der Waals surface area contributed by atoms with Crippen molar-refractivity contribution in [1.82, 2.24) is 0 Å². The molecule has 0 fully saturated rings. The minimum atomic E-state index is -0.173. The second-order valence-corrected chi connectivity index (χ2v) is 3.50. The molecular formula is C10H13NO2S. The van der Waals surface area contributed by atoms with Crippen molar-refractivity contribution >= 4 is 23.0 Å². The first-order chi connectivity index (χ1) is 6.49. The topological polar surface area (TPSA) is 55.5 Å². The van der Waals surface area contributed by atoms with Crippen LogP contribution in [0, 0.1) is 13.8 Å². The largest absolute Gasteiger partial charge is 0.498 e. The second-order valence-electron chi connectivity index (χ2n) is 3.12. The van der Waals surface area contributed by atoms with E-state index in [-0.39, 0.29) is 5.05 Å². The van der Waals surface area contributed by atoms with Gasteiger partial charge in [0.25, 0.3) is 0 Å². The van der Waals surface area contributed by atoms with Crippen molar-refractivity contribution in [2.45, 2.75) is 13.8 Å². The summed E-state index contributed by atoms with van der Waals surface area (Å²) in [6.07, 6.45) is 0. The van der Waals surface area contributed by atoms with Crippen molar-refractivity contribution in [2.75, 3.05) is 12.8 Å². The Kier molecular flexibility index (Phi) is 2.96. The highest BCUT2D eigenvalue weighted by Gasteiger charge is 2.14. The summed E-state index contributed by atoms with van der Waals surface area (Å²) in [6, 6.07) is 1.73. The van der Waals surface area contributed by atoms with Crippen LogP contribution in [-0.2, 0) is 0 Å². The average molecular weight is 211 g/mol. The molecular weight excluding hydrogens is 198 g/mol. The molecule has 1 aromatic rings. The summed E-state index contributed by atoms with van der Waals surface area (Å²) in [7, 11) is 1.53. The number of benzene rings is 1. The standard InChI is InChI=1S/C10H13NO2S/c1-5-4-7(10(12)14)9(13-3)6(2)8(5)11/h4H,11H2,1-3H3,(H,12,14). The number of ether oxygens (including phenoxy) is 1. The van der Waals surface area contributed by atoms with Crippen LogP contribution in [0.1, 0.15) is 16.7 Å². The van der Waals surface area contributed by atoms with Gasteiger partial charge in [0.2, 0.25) is 0 Å². The second kappa shape index (κ2) is 3.84. The van der Waals surface area contributed by atoms with Gasteiger partial charge in [-0.15, -0.1) is 0 Å². The molecule has 1 rings (SSSR count). The number of aryl methyl sites for hydroxylation is 1. The lowest BCUT2D eigenvalue weighted by molar-refractivity contribution is 0.409. The van der Waals surface area contributed by atoms with Crippen LogP contribution in [0.4, 0.5) is 5.69 Å². The molecule has 0 unspecified atom stereocenters. The predicted octanol–water partition coefficient (Wildman–Crippen LogP) is 2.13. The van der Waals surface area contributed by atoms with Gasteiger partial charge in [-0.1, -0.05) is 0 Å². The summed E-state index contributed by atoms with van der Waals surface area (Å²) in [4.78, 5) is 0. The van der Waals surface area contributed by atoms with Crippen LogP contribution in [-0.4, -0.2) is 17.3 Å². The van der Waals surface area contributed by atoms with Crippen molar-refractivity contribution < 1.29 is 9.84 Å². The Balaban J connectivity index is 3.51. The van der Waals surface area contributed by atoms with Crippen LogP contribution < -0.4 is 10.5 Å². The first kappa shape index (κ1) is 10.8. The molecule has 14 heavy (non-hydrogen) atoms. The summed E-state index contributed by atoms with van der Waals surface area (Å²) in [5.41, 5.74) is 8.70. The van der Waals surface area contributed by atoms with E-state index in [1.165, 1.54) is 7.11 Å². The van der Waals surface area contributed by atoms with E-state index in [2.05, 4.69) is 0 Å². The molecule has 0 saturated carbocycles. The van der Waals surface area contributed by atoms with Crippen LogP contribution in [0.15, 0.2) is 6.07 Å². The summed E-state index contributed by atoms with van der Waals surface area (Å²) in [5.74, 6) is 0.542. The summed E-state index contributed by atoms with van der Waals surface area (Å²) >= 11 is 4.71. The minimum absolute atomic E-state index is 0.173. The zero-order valence-electron chi connectivity index (χ0n) is 8.42. The Morgan fingerprint density at radius 3 is 2.50 bits per heavy atom. The molecule has 76 valence electrons. The Labute approximate surface area is 88.5 Å². The van der Waals surface area contributed by atoms with Gasteiger partial charge in [-0.05, 0) is 37.7 Å². The smallest absolute Gasteiger partial charge is 0.192 e. The lowest BCUT2D eigenvalue weighted by Gasteiger charge is -2.13. The molecule has 3 nitrogen and oxygen atoms in total. The van der Waals surface area contributed by atoms with E-state index in [9.17, 15) is 5.11 Å². The van der Waals surface area contributed by atoms with Gasteiger partial charge < -0.3 is 15.6 Å². The molecule has 0 amide bonds. The summed E-state index contributed by atoms with van der Waals surface area (Å²) in [5, 5.41) is 9.11. The van der Waals surface area contributed by atoms with Gasteiger partial charge in [0.1, 0.15) is 5.75 Å². The van der Waals surface area contributed by atoms with Crippen molar-refractivity contribution in [3.63, 3.8) is 0 Å². The molecule has 1 aromatic carbocycles. The van der Waals surface area contributed by atoms with E-state index in [1.807, 2.05) is 13.8 Å². The highest BCUT2D eigenvalue weighted by atomic mass is 32.1. The maximum Gasteiger partial charge on any atom is 0.192 e. The number of hydrogen-bond donors (Lipinski definition) is 2. The Hall–Kier alpha value is -1.29. The number of nitrogen functional groups attached to an aromatic ring is 1. The lowest BCUT2D eigenvalue weighted by atomic mass is 10.0. The average Bonchev–Trinajstić information content (AvgIpc) is 2.13. The molecule has 4 heteroatoms. The van der Waals surface area contributed by atoms with E-state index in [1.54, 1.807) is 6.07 Å². The predicted molar refractivity (Wildman–Crippen MR) is 61.2 cm³/mol. The van der Waals surface area contributed by atoms with Crippen LogP contribution in [0.5, 0.6) is 5.75 Å². The van der Waals surface area contributed by atoms with Crippen molar-refractivity contribution in [3.05, 3.63) is 22.8 Å². The zero-order valence-corrected chi connectivity index (χ0v) is 9.23. The summed E-state index contributed by atoms with van der Waals surface area (Å²) < 4.78 is 5.15. The van der Waals surface area contributed by atoms with Gasteiger partial charge in [0.05, 0.1) is 12.7 Å². The Bertz CT molecular complexity index is 388. The molecule has 0 bridgehead atoms. The minimum Gasteiger partial charge on any atom is -0.498 e. The molecule has 0 aliphatic carbocycles. The van der Waals surface area contributed by atoms with Gasteiger partial charge >= 0.3 is 0 Å². The SMILES string of the molecule is COc1c(C(O)=S)cc(C)c(N)c1C. The molecule has 0 saturated heterocycles. The third kappa shape index (κ3) is 1.65. The molecule has 0 spiro atoms. The van der Waals surface area contributed by atoms with Crippen LogP contribution >= 0.6 is 12.2 Å². The van der Waals surface area contributed by atoms with Gasteiger partial charge in [-0.3, -0.25) is 0 Å². The number of nitrogens with two attached hydrogens (primary N) is 1. The first-order valence-electron chi connectivity index (χ1n) is 4.16. The number of aliphatic hydroxyl groups excluding tert-OH is 1. The maximum absolute atomic E-state index is 9.29. The van der Waals surface area contributed by atoms with Crippen LogP contribution in [0.2, 0.25) is 0 Å². The molecule has 0 atom stereocenters. The van der Waals surface area contributed by atoms with Gasteiger partial charge in [0.15, 0.2) is 5.05 Å². The number of aliphatic hydroxyl groups is 1. The normalized spacial score (nSPS) is 9.93. The van der Waals surface area contributed by atoms with Crippen molar-refractivity contribution in [3.8, 4) is 5.75 Å². The van der Waals surface area contributed by atoms with Crippen LogP contribution in [0.25, 0.3) is 0 Å². The maximum atomic E-state index is 9.29. The van der Waals surface area contributed by atoms with Crippen LogP contribution in [0.3, 0.4) is 0 Å². The number of hydrogen-bond acceptors (Lipinski definition) is 3. The van der Waals surface area contributed by atoms with E-state index < -0.39 is 0 Å². The van der Waals surface area contributed by atoms with Crippen molar-refractivity contribution in [1.29, 1.82) is 0 Å².